The maximum absolute atomic E-state index is 10.3. The van der Waals surface area contributed by atoms with Gasteiger partial charge in [-0.25, -0.2) is 4.79 Å². The van der Waals surface area contributed by atoms with Gasteiger partial charge in [-0.05, 0) is 28.1 Å². The summed E-state index contributed by atoms with van der Waals surface area (Å²) >= 11 is 3.25. The van der Waals surface area contributed by atoms with Gasteiger partial charge in [-0.1, -0.05) is 6.07 Å². The minimum Gasteiger partial charge on any atom is -0.495 e. The van der Waals surface area contributed by atoms with E-state index in [0.717, 1.165) is 0 Å². The van der Waals surface area contributed by atoms with E-state index in [1.807, 2.05) is 0 Å². The van der Waals surface area contributed by atoms with Crippen molar-refractivity contribution in [3.8, 4) is 11.5 Å². The molecule has 0 spiro atoms. The van der Waals surface area contributed by atoms with E-state index >= 15 is 0 Å². The Hall–Kier alpha value is -1.23. The molecule has 0 bridgehead atoms. The van der Waals surface area contributed by atoms with Crippen molar-refractivity contribution < 1.29 is 19.4 Å². The Morgan fingerprint density at radius 3 is 2.71 bits per heavy atom. The van der Waals surface area contributed by atoms with Crippen LogP contribution in [-0.4, -0.2) is 24.8 Å². The van der Waals surface area contributed by atoms with Crippen LogP contribution in [0.25, 0.3) is 0 Å². The van der Waals surface area contributed by atoms with E-state index < -0.39 is 5.97 Å². The monoisotopic (exact) mass is 260 g/mol. The summed E-state index contributed by atoms with van der Waals surface area (Å²) < 4.78 is 10.6. The molecule has 1 aromatic carbocycles. The lowest BCUT2D eigenvalue weighted by atomic mass is 10.3. The first kappa shape index (κ1) is 10.8. The molecule has 0 saturated heterocycles. The van der Waals surface area contributed by atoms with Crippen LogP contribution in [-0.2, 0) is 4.79 Å². The molecule has 0 saturated carbocycles. The Bertz CT molecular complexity index is 338. The van der Waals surface area contributed by atoms with Crippen molar-refractivity contribution in [2.24, 2.45) is 0 Å². The van der Waals surface area contributed by atoms with Gasteiger partial charge in [0.2, 0.25) is 0 Å². The fraction of sp³-hybridized carbons (Fsp3) is 0.222. The minimum atomic E-state index is -1.01. The van der Waals surface area contributed by atoms with Crippen molar-refractivity contribution in [3.05, 3.63) is 22.7 Å². The minimum absolute atomic E-state index is 0.369. The summed E-state index contributed by atoms with van der Waals surface area (Å²) in [4.78, 5) is 10.3. The van der Waals surface area contributed by atoms with Crippen LogP contribution in [0.4, 0.5) is 0 Å². The molecule has 76 valence electrons. The molecule has 4 nitrogen and oxygen atoms in total. The molecule has 0 amide bonds. The molecule has 5 heteroatoms. The molecule has 0 aromatic heterocycles. The van der Waals surface area contributed by atoms with Crippen molar-refractivity contribution in [1.29, 1.82) is 0 Å². The highest BCUT2D eigenvalue weighted by atomic mass is 79.9. The summed E-state index contributed by atoms with van der Waals surface area (Å²) in [7, 11) is 1.53. The number of carboxylic acid groups (broad SMARTS) is 1. The number of hydrogen-bond donors (Lipinski definition) is 1. The summed E-state index contributed by atoms with van der Waals surface area (Å²) in [5.74, 6) is 0.0411. The number of carboxylic acids is 1. The van der Waals surface area contributed by atoms with Gasteiger partial charge in [0.15, 0.2) is 6.61 Å². The summed E-state index contributed by atoms with van der Waals surface area (Å²) in [5, 5.41) is 8.42. The van der Waals surface area contributed by atoms with Crippen LogP contribution in [0.15, 0.2) is 22.7 Å². The van der Waals surface area contributed by atoms with Gasteiger partial charge < -0.3 is 14.6 Å². The van der Waals surface area contributed by atoms with Gasteiger partial charge in [0.25, 0.3) is 0 Å². The average molecular weight is 261 g/mol. The Labute approximate surface area is 89.6 Å². The van der Waals surface area contributed by atoms with Crippen molar-refractivity contribution in [2.75, 3.05) is 13.7 Å². The third kappa shape index (κ3) is 2.63. The maximum Gasteiger partial charge on any atom is 0.341 e. The van der Waals surface area contributed by atoms with Crippen LogP contribution in [0.5, 0.6) is 11.5 Å². The Kier molecular flexibility index (Phi) is 3.76. The number of hydrogen-bond acceptors (Lipinski definition) is 3. The van der Waals surface area contributed by atoms with Gasteiger partial charge in [-0.3, -0.25) is 0 Å². The number of benzene rings is 1. The van der Waals surface area contributed by atoms with Crippen molar-refractivity contribution in [2.45, 2.75) is 0 Å². The van der Waals surface area contributed by atoms with Gasteiger partial charge in [0, 0.05) is 0 Å². The van der Waals surface area contributed by atoms with Crippen LogP contribution in [0.1, 0.15) is 0 Å². The highest BCUT2D eigenvalue weighted by Gasteiger charge is 2.07. The lowest BCUT2D eigenvalue weighted by molar-refractivity contribution is -0.139. The number of aliphatic carboxylic acids is 1. The standard InChI is InChI=1S/C9H9BrO4/c1-13-6-3-2-4-7(9(6)10)14-5-8(11)12/h2-4H,5H2,1H3,(H,11,12). The van der Waals surface area contributed by atoms with Gasteiger partial charge >= 0.3 is 5.97 Å². The zero-order chi connectivity index (χ0) is 10.6. The van der Waals surface area contributed by atoms with E-state index in [1.54, 1.807) is 18.2 Å². The molecule has 0 unspecified atom stereocenters. The average Bonchev–Trinajstić information content (AvgIpc) is 2.16. The highest BCUT2D eigenvalue weighted by molar-refractivity contribution is 9.10. The summed E-state index contributed by atoms with van der Waals surface area (Å²) in [5.41, 5.74) is 0. The number of halogens is 1. The number of rotatable bonds is 4. The van der Waals surface area contributed by atoms with E-state index in [4.69, 9.17) is 14.6 Å². The number of carbonyl (C=O) groups is 1. The van der Waals surface area contributed by atoms with Crippen LogP contribution in [0.2, 0.25) is 0 Å². The maximum atomic E-state index is 10.3. The Morgan fingerprint density at radius 1 is 1.50 bits per heavy atom. The zero-order valence-corrected chi connectivity index (χ0v) is 9.08. The third-order valence-corrected chi connectivity index (χ3v) is 2.28. The van der Waals surface area contributed by atoms with Crippen molar-refractivity contribution >= 4 is 21.9 Å². The first-order valence-electron chi connectivity index (χ1n) is 3.82. The quantitative estimate of drug-likeness (QED) is 0.899. The molecule has 1 rings (SSSR count). The van der Waals surface area contributed by atoms with E-state index in [0.29, 0.717) is 16.0 Å². The fourth-order valence-corrected chi connectivity index (χ4v) is 1.44. The number of methoxy groups -OCH3 is 1. The molecular weight excluding hydrogens is 252 g/mol. The van der Waals surface area contributed by atoms with Crippen LogP contribution >= 0.6 is 15.9 Å². The smallest absolute Gasteiger partial charge is 0.341 e. The van der Waals surface area contributed by atoms with Crippen LogP contribution < -0.4 is 9.47 Å². The molecule has 0 aliphatic rings. The Morgan fingerprint density at radius 2 is 2.14 bits per heavy atom. The van der Waals surface area contributed by atoms with Crippen LogP contribution in [0.3, 0.4) is 0 Å². The third-order valence-electron chi connectivity index (χ3n) is 1.50. The van der Waals surface area contributed by atoms with Gasteiger partial charge in [-0.15, -0.1) is 0 Å². The molecule has 0 radical (unpaired) electrons. The second-order valence-electron chi connectivity index (χ2n) is 2.45. The van der Waals surface area contributed by atoms with E-state index in [2.05, 4.69) is 15.9 Å². The molecule has 1 aromatic rings. The van der Waals surface area contributed by atoms with Crippen molar-refractivity contribution in [3.63, 3.8) is 0 Å². The Balaban J connectivity index is 2.81. The molecular formula is C9H9BrO4. The summed E-state index contributed by atoms with van der Waals surface area (Å²) in [6.45, 7) is -0.369. The SMILES string of the molecule is COc1cccc(OCC(=O)O)c1Br. The van der Waals surface area contributed by atoms with E-state index in [1.165, 1.54) is 7.11 Å². The predicted molar refractivity (Wildman–Crippen MR) is 53.8 cm³/mol. The molecule has 0 heterocycles. The molecule has 14 heavy (non-hydrogen) atoms. The first-order chi connectivity index (χ1) is 6.65. The lowest BCUT2D eigenvalue weighted by Crippen LogP contribution is -2.09. The van der Waals surface area contributed by atoms with E-state index in [9.17, 15) is 4.79 Å². The second kappa shape index (κ2) is 4.85. The normalized spacial score (nSPS) is 9.57. The largest absolute Gasteiger partial charge is 0.495 e. The molecule has 1 N–H and O–H groups in total. The number of ether oxygens (including phenoxy) is 2. The topological polar surface area (TPSA) is 55.8 Å². The molecule has 0 aliphatic carbocycles. The highest BCUT2D eigenvalue weighted by Crippen LogP contribution is 2.33. The molecule has 0 fully saturated rings. The van der Waals surface area contributed by atoms with Gasteiger partial charge in [0.1, 0.15) is 16.0 Å². The summed E-state index contributed by atoms with van der Waals surface area (Å²) in [6, 6.07) is 5.13. The lowest BCUT2D eigenvalue weighted by Gasteiger charge is -2.08. The predicted octanol–water partition coefficient (Wildman–Crippen LogP) is 1.92. The fourth-order valence-electron chi connectivity index (χ4n) is 0.899. The first-order valence-corrected chi connectivity index (χ1v) is 4.61. The molecule has 0 aliphatic heterocycles. The second-order valence-corrected chi connectivity index (χ2v) is 3.25. The van der Waals surface area contributed by atoms with Gasteiger partial charge in [-0.2, -0.15) is 0 Å². The van der Waals surface area contributed by atoms with E-state index in [-0.39, 0.29) is 6.61 Å². The van der Waals surface area contributed by atoms with Crippen molar-refractivity contribution in [1.82, 2.24) is 0 Å². The van der Waals surface area contributed by atoms with Crippen LogP contribution in [0, 0.1) is 0 Å². The summed E-state index contributed by atoms with van der Waals surface area (Å²) in [6.07, 6.45) is 0. The molecule has 0 atom stereocenters. The van der Waals surface area contributed by atoms with Gasteiger partial charge in [0.05, 0.1) is 7.11 Å². The zero-order valence-electron chi connectivity index (χ0n) is 7.49.